The van der Waals surface area contributed by atoms with Crippen LogP contribution in [0.15, 0.2) is 55.2 Å². The molecular weight excluding hydrogens is 484 g/mol. The van der Waals surface area contributed by atoms with Crippen LogP contribution in [0, 0.1) is 0 Å². The summed E-state index contributed by atoms with van der Waals surface area (Å²) in [5, 5.41) is 13.4. The second-order valence-electron chi connectivity index (χ2n) is 5.19. The summed E-state index contributed by atoms with van der Waals surface area (Å²) in [5.74, 6) is 0.130. The number of hydrogen-bond acceptors (Lipinski definition) is 5. The number of hydrogen-bond donors (Lipinski definition) is 2. The van der Waals surface area contributed by atoms with E-state index in [1.54, 1.807) is 12.1 Å². The minimum atomic E-state index is -0.223. The molecule has 0 bridgehead atoms. The molecule has 3 rings (SSSR count). The van der Waals surface area contributed by atoms with Crippen LogP contribution in [0.3, 0.4) is 0 Å². The van der Waals surface area contributed by atoms with Gasteiger partial charge in [-0.05, 0) is 80.4 Å². The van der Waals surface area contributed by atoms with E-state index < -0.39 is 0 Å². The highest BCUT2D eigenvalue weighted by Crippen LogP contribution is 2.43. The number of amidine groups is 1. The Hall–Kier alpha value is -1.77. The Morgan fingerprint density at radius 2 is 2.00 bits per heavy atom. The van der Waals surface area contributed by atoms with Crippen molar-refractivity contribution >= 4 is 66.5 Å². The molecule has 0 aliphatic carbocycles. The molecule has 0 aromatic heterocycles. The number of nitrogens with zero attached hydrogens (tertiary/aromatic N) is 1. The largest absolute Gasteiger partial charge is 0.503 e. The van der Waals surface area contributed by atoms with Crippen molar-refractivity contribution in [3.05, 3.63) is 55.8 Å². The first-order valence-corrected chi connectivity index (χ1v) is 10.1. The van der Waals surface area contributed by atoms with Crippen LogP contribution in [0.5, 0.6) is 11.5 Å². The SMILES string of the molecule is CCOc1cc(C=C2SC(=Nc3ccccc3)NC2=O)c(Br)c(Br)c1O. The normalized spacial score (nSPS) is 17.0. The second-order valence-corrected chi connectivity index (χ2v) is 7.81. The minimum absolute atomic E-state index is 0.00994. The van der Waals surface area contributed by atoms with Gasteiger partial charge in [0.25, 0.3) is 5.91 Å². The molecule has 1 aliphatic heterocycles. The maximum absolute atomic E-state index is 12.3. The van der Waals surface area contributed by atoms with Crippen LogP contribution in [0.1, 0.15) is 12.5 Å². The number of aliphatic imine (C=N–C) groups is 1. The average Bonchev–Trinajstić information content (AvgIpc) is 2.97. The van der Waals surface area contributed by atoms with E-state index >= 15 is 0 Å². The van der Waals surface area contributed by atoms with Crippen molar-refractivity contribution in [1.29, 1.82) is 0 Å². The second kappa shape index (κ2) is 8.28. The Morgan fingerprint density at radius 1 is 1.27 bits per heavy atom. The summed E-state index contributed by atoms with van der Waals surface area (Å²) in [6, 6.07) is 11.1. The first-order chi connectivity index (χ1) is 12.5. The molecule has 1 fully saturated rings. The molecule has 0 atom stereocenters. The van der Waals surface area contributed by atoms with Gasteiger partial charge in [-0.1, -0.05) is 18.2 Å². The summed E-state index contributed by atoms with van der Waals surface area (Å²) >= 11 is 8.03. The van der Waals surface area contributed by atoms with E-state index in [4.69, 9.17) is 4.74 Å². The molecule has 0 spiro atoms. The summed E-state index contributed by atoms with van der Waals surface area (Å²) in [7, 11) is 0. The zero-order valence-electron chi connectivity index (χ0n) is 13.6. The standard InChI is InChI=1S/C18H14Br2N2O3S/c1-2-25-12-8-10(14(19)15(20)16(12)23)9-13-17(24)22-18(26-13)21-11-6-4-3-5-7-11/h3-9,23H,2H2,1H3,(H,21,22,24). The summed E-state index contributed by atoms with van der Waals surface area (Å²) in [6.45, 7) is 2.25. The van der Waals surface area contributed by atoms with E-state index in [0.29, 0.717) is 36.9 Å². The van der Waals surface area contributed by atoms with Crippen LogP contribution in [0.25, 0.3) is 6.08 Å². The van der Waals surface area contributed by atoms with Crippen LogP contribution < -0.4 is 10.1 Å². The molecule has 0 unspecified atom stereocenters. The number of aromatic hydroxyl groups is 1. The number of rotatable bonds is 4. The number of carbonyl (C=O) groups excluding carboxylic acids is 1. The lowest BCUT2D eigenvalue weighted by molar-refractivity contribution is -0.115. The number of amides is 1. The number of benzene rings is 2. The first-order valence-electron chi connectivity index (χ1n) is 7.68. The molecule has 0 radical (unpaired) electrons. The molecule has 26 heavy (non-hydrogen) atoms. The van der Waals surface area contributed by atoms with Crippen molar-refractivity contribution in [2.45, 2.75) is 6.92 Å². The topological polar surface area (TPSA) is 70.9 Å². The van der Waals surface area contributed by atoms with E-state index in [9.17, 15) is 9.90 Å². The van der Waals surface area contributed by atoms with Gasteiger partial charge in [0.2, 0.25) is 0 Å². The van der Waals surface area contributed by atoms with E-state index in [1.807, 2.05) is 37.3 Å². The summed E-state index contributed by atoms with van der Waals surface area (Å²) in [5.41, 5.74) is 1.47. The van der Waals surface area contributed by atoms with E-state index in [-0.39, 0.29) is 11.7 Å². The quantitative estimate of drug-likeness (QED) is 0.569. The lowest BCUT2D eigenvalue weighted by Gasteiger charge is -2.11. The van der Waals surface area contributed by atoms with Crippen molar-refractivity contribution in [2.75, 3.05) is 6.61 Å². The minimum Gasteiger partial charge on any atom is -0.503 e. The molecule has 1 amide bonds. The maximum atomic E-state index is 12.3. The number of carbonyl (C=O) groups is 1. The average molecular weight is 498 g/mol. The van der Waals surface area contributed by atoms with Crippen molar-refractivity contribution in [2.24, 2.45) is 4.99 Å². The van der Waals surface area contributed by atoms with E-state index in [2.05, 4.69) is 42.2 Å². The van der Waals surface area contributed by atoms with Crippen LogP contribution in [0.2, 0.25) is 0 Å². The molecule has 134 valence electrons. The van der Waals surface area contributed by atoms with E-state index in [0.717, 1.165) is 5.69 Å². The Kier molecular flexibility index (Phi) is 6.05. The van der Waals surface area contributed by atoms with Crippen molar-refractivity contribution in [1.82, 2.24) is 5.32 Å². The molecule has 2 aromatic carbocycles. The predicted molar refractivity (Wildman–Crippen MR) is 112 cm³/mol. The number of phenols is 1. The lowest BCUT2D eigenvalue weighted by atomic mass is 10.2. The van der Waals surface area contributed by atoms with Gasteiger partial charge in [-0.15, -0.1) is 0 Å². The van der Waals surface area contributed by atoms with Gasteiger partial charge in [-0.2, -0.15) is 0 Å². The molecular formula is C18H14Br2N2O3S. The van der Waals surface area contributed by atoms with Gasteiger partial charge in [0.15, 0.2) is 16.7 Å². The predicted octanol–water partition coefficient (Wildman–Crippen LogP) is 5.21. The number of nitrogens with one attached hydrogen (secondary N) is 1. The maximum Gasteiger partial charge on any atom is 0.264 e. The van der Waals surface area contributed by atoms with Crippen molar-refractivity contribution < 1.29 is 14.6 Å². The van der Waals surface area contributed by atoms with Crippen LogP contribution >= 0.6 is 43.6 Å². The fraction of sp³-hybridized carbons (Fsp3) is 0.111. The van der Waals surface area contributed by atoms with Crippen LogP contribution in [-0.4, -0.2) is 22.8 Å². The van der Waals surface area contributed by atoms with Gasteiger partial charge in [0.05, 0.1) is 21.7 Å². The smallest absolute Gasteiger partial charge is 0.264 e. The van der Waals surface area contributed by atoms with Gasteiger partial charge < -0.3 is 15.2 Å². The molecule has 2 N–H and O–H groups in total. The fourth-order valence-electron chi connectivity index (χ4n) is 2.22. The van der Waals surface area contributed by atoms with Crippen molar-refractivity contribution in [3.63, 3.8) is 0 Å². The summed E-state index contributed by atoms with van der Waals surface area (Å²) < 4.78 is 6.54. The Balaban J connectivity index is 1.93. The molecule has 1 heterocycles. The van der Waals surface area contributed by atoms with Gasteiger partial charge in [-0.3, -0.25) is 4.79 Å². The zero-order valence-corrected chi connectivity index (χ0v) is 17.6. The molecule has 5 nitrogen and oxygen atoms in total. The number of para-hydroxylation sites is 1. The first kappa shape index (κ1) is 19.0. The molecule has 2 aromatic rings. The van der Waals surface area contributed by atoms with Gasteiger partial charge in [0.1, 0.15) is 0 Å². The summed E-state index contributed by atoms with van der Waals surface area (Å²) in [4.78, 5) is 17.2. The monoisotopic (exact) mass is 496 g/mol. The number of ether oxygens (including phenoxy) is 1. The Bertz CT molecular complexity index is 914. The highest BCUT2D eigenvalue weighted by atomic mass is 79.9. The van der Waals surface area contributed by atoms with E-state index in [1.165, 1.54) is 11.8 Å². The lowest BCUT2D eigenvalue weighted by Crippen LogP contribution is -2.19. The van der Waals surface area contributed by atoms with Crippen LogP contribution in [-0.2, 0) is 4.79 Å². The zero-order chi connectivity index (χ0) is 18.7. The third-order valence-corrected chi connectivity index (χ3v) is 6.47. The third-order valence-electron chi connectivity index (χ3n) is 3.40. The Morgan fingerprint density at radius 3 is 2.69 bits per heavy atom. The highest BCUT2D eigenvalue weighted by molar-refractivity contribution is 9.13. The van der Waals surface area contributed by atoms with Crippen LogP contribution in [0.4, 0.5) is 5.69 Å². The van der Waals surface area contributed by atoms with Gasteiger partial charge in [0, 0.05) is 4.47 Å². The Labute approximate surface area is 171 Å². The van der Waals surface area contributed by atoms with Gasteiger partial charge >= 0.3 is 0 Å². The number of phenolic OH excluding ortho intramolecular Hbond substituents is 1. The molecule has 1 saturated heterocycles. The molecule has 1 aliphatic rings. The highest BCUT2D eigenvalue weighted by Gasteiger charge is 2.25. The van der Waals surface area contributed by atoms with Crippen molar-refractivity contribution in [3.8, 4) is 11.5 Å². The molecule has 0 saturated carbocycles. The fourth-order valence-corrected chi connectivity index (χ4v) is 3.90. The van der Waals surface area contributed by atoms with Gasteiger partial charge in [-0.25, -0.2) is 4.99 Å². The number of thioether (sulfide) groups is 1. The number of halogens is 2. The third kappa shape index (κ3) is 4.13. The molecule has 8 heteroatoms. The summed E-state index contributed by atoms with van der Waals surface area (Å²) in [6.07, 6.45) is 1.73.